The second-order valence-electron chi connectivity index (χ2n) is 5.88. The Labute approximate surface area is 159 Å². The molecule has 0 bridgehead atoms. The second-order valence-corrected chi connectivity index (χ2v) is 5.88. The first-order valence-electron chi connectivity index (χ1n) is 9.08. The van der Waals surface area contributed by atoms with Crippen LogP contribution < -0.4 is 10.6 Å². The van der Waals surface area contributed by atoms with Crippen LogP contribution in [0.3, 0.4) is 0 Å². The lowest BCUT2D eigenvalue weighted by Crippen LogP contribution is -2.32. The smallest absolute Gasteiger partial charge is 0.327 e. The maximum Gasteiger partial charge on any atom is 0.327 e. The van der Waals surface area contributed by atoms with E-state index in [0.717, 1.165) is 22.4 Å². The van der Waals surface area contributed by atoms with Crippen molar-refractivity contribution in [1.82, 2.24) is 9.55 Å². The average molecular weight is 366 g/mol. The minimum Gasteiger partial charge on any atom is -0.351 e. The Bertz CT molecular complexity index is 971. The number of anilines is 1. The van der Waals surface area contributed by atoms with Crippen molar-refractivity contribution in [3.8, 4) is 0 Å². The number of carbonyl (C=O) groups excluding carboxylic acids is 1. The van der Waals surface area contributed by atoms with Crippen molar-refractivity contribution in [3.05, 3.63) is 59.0 Å². The van der Waals surface area contributed by atoms with Gasteiger partial charge >= 0.3 is 5.69 Å². The largest absolute Gasteiger partial charge is 0.351 e. The fourth-order valence-corrected chi connectivity index (χ4v) is 2.84. The Hall–Kier alpha value is -3.15. The van der Waals surface area contributed by atoms with E-state index >= 15 is 0 Å². The van der Waals surface area contributed by atoms with E-state index < -0.39 is 0 Å². The lowest BCUT2D eigenvalue weighted by molar-refractivity contribution is -0.116. The van der Waals surface area contributed by atoms with E-state index in [0.29, 0.717) is 19.6 Å². The molecule has 3 rings (SSSR count). The van der Waals surface area contributed by atoms with Gasteiger partial charge in [0.05, 0.1) is 29.1 Å². The molecule has 0 fully saturated rings. The van der Waals surface area contributed by atoms with E-state index in [4.69, 9.17) is 0 Å². The molecule has 6 heteroatoms. The van der Waals surface area contributed by atoms with Gasteiger partial charge in [-0.15, -0.1) is 0 Å². The lowest BCUT2D eigenvalue weighted by atomic mass is 10.2. The van der Waals surface area contributed by atoms with Gasteiger partial charge < -0.3 is 9.88 Å². The molecule has 0 aliphatic rings. The molecule has 2 aromatic carbocycles. The highest BCUT2D eigenvalue weighted by atomic mass is 16.1. The van der Waals surface area contributed by atoms with Gasteiger partial charge in [0.1, 0.15) is 5.78 Å². The van der Waals surface area contributed by atoms with Gasteiger partial charge in [-0.25, -0.2) is 4.79 Å². The third-order valence-electron chi connectivity index (χ3n) is 4.12. The molecule has 0 amide bonds. The molecule has 0 atom stereocenters. The Morgan fingerprint density at radius 1 is 1.15 bits per heavy atom. The number of rotatable bonds is 7. The van der Waals surface area contributed by atoms with E-state index in [1.165, 1.54) is 0 Å². The van der Waals surface area contributed by atoms with Gasteiger partial charge in [-0.1, -0.05) is 38.1 Å². The number of ketones is 1. The molecule has 0 aliphatic heterocycles. The first kappa shape index (κ1) is 20.2. The number of carbonyl (C=O) groups is 1. The number of Topliss-reactive ketones (excluding diaryl/α,β-unsaturated/α-hetero) is 1. The monoisotopic (exact) mass is 366 g/mol. The van der Waals surface area contributed by atoms with E-state index in [1.807, 2.05) is 67.3 Å². The summed E-state index contributed by atoms with van der Waals surface area (Å²) < 4.78 is 1.66. The minimum atomic E-state index is -0.182. The van der Waals surface area contributed by atoms with Crippen LogP contribution >= 0.6 is 0 Å². The fourth-order valence-electron chi connectivity index (χ4n) is 2.84. The van der Waals surface area contributed by atoms with Crippen molar-refractivity contribution in [3.63, 3.8) is 0 Å². The number of benzene rings is 2. The molecule has 0 aliphatic carbocycles. The molecule has 6 nitrogen and oxygen atoms in total. The molecular formula is C21H26N4O2. The summed E-state index contributed by atoms with van der Waals surface area (Å²) in [4.78, 5) is 32.8. The molecule has 0 spiro atoms. The van der Waals surface area contributed by atoms with E-state index in [2.05, 4.69) is 16.7 Å². The Morgan fingerprint density at radius 3 is 2.52 bits per heavy atom. The standard InChI is InChI=1S/C19H20N4O2.C2H6/c1-14(24)11-12-22(17-9-5-3-7-15(17)20-2)13-23-18-10-6-4-8-16(18)21-19(23)25;1-2/h3-10H,2,11-13H2,1H3,(H,21,25);1-2H3. The number of aliphatic imine (C=N–C) groups is 1. The first-order valence-corrected chi connectivity index (χ1v) is 9.08. The van der Waals surface area contributed by atoms with Crippen molar-refractivity contribution < 1.29 is 4.79 Å². The number of aromatic nitrogens is 2. The molecular weight excluding hydrogens is 340 g/mol. The summed E-state index contributed by atoms with van der Waals surface area (Å²) in [6.07, 6.45) is 0.391. The number of nitrogens with one attached hydrogen (secondary N) is 1. The Kier molecular flexibility index (Phi) is 7.11. The summed E-state index contributed by atoms with van der Waals surface area (Å²) in [7, 11) is 0. The third-order valence-corrected chi connectivity index (χ3v) is 4.12. The zero-order chi connectivity index (χ0) is 19.8. The van der Waals surface area contributed by atoms with Crippen molar-refractivity contribution in [2.24, 2.45) is 4.99 Å². The molecule has 0 saturated carbocycles. The zero-order valence-corrected chi connectivity index (χ0v) is 16.1. The molecule has 1 heterocycles. The predicted molar refractivity (Wildman–Crippen MR) is 112 cm³/mol. The maximum atomic E-state index is 12.4. The van der Waals surface area contributed by atoms with Crippen LogP contribution in [-0.2, 0) is 11.5 Å². The van der Waals surface area contributed by atoms with Crippen LogP contribution in [0.5, 0.6) is 0 Å². The zero-order valence-electron chi connectivity index (χ0n) is 16.1. The quantitative estimate of drug-likeness (QED) is 0.639. The van der Waals surface area contributed by atoms with Crippen molar-refractivity contribution >= 4 is 34.9 Å². The summed E-state index contributed by atoms with van der Waals surface area (Å²) in [5.41, 5.74) is 2.99. The Morgan fingerprint density at radius 2 is 1.81 bits per heavy atom. The average Bonchev–Trinajstić information content (AvgIpc) is 3.01. The van der Waals surface area contributed by atoms with Crippen molar-refractivity contribution in [1.29, 1.82) is 0 Å². The summed E-state index contributed by atoms with van der Waals surface area (Å²) in [6, 6.07) is 15.1. The number of hydrogen-bond donors (Lipinski definition) is 1. The predicted octanol–water partition coefficient (Wildman–Crippen LogP) is 4.13. The van der Waals surface area contributed by atoms with Crippen LogP contribution in [0.25, 0.3) is 11.0 Å². The molecule has 0 unspecified atom stereocenters. The van der Waals surface area contributed by atoms with Gasteiger partial charge in [-0.3, -0.25) is 14.4 Å². The molecule has 0 radical (unpaired) electrons. The molecule has 1 N–H and O–H groups in total. The van der Waals surface area contributed by atoms with Gasteiger partial charge in [-0.05, 0) is 37.9 Å². The van der Waals surface area contributed by atoms with Crippen LogP contribution in [0.2, 0.25) is 0 Å². The summed E-state index contributed by atoms with van der Waals surface area (Å²) >= 11 is 0. The number of fused-ring (bicyclic) bond motifs is 1. The highest BCUT2D eigenvalue weighted by Gasteiger charge is 2.15. The number of H-pyrrole nitrogens is 1. The lowest BCUT2D eigenvalue weighted by Gasteiger charge is -2.26. The molecule has 0 saturated heterocycles. The van der Waals surface area contributed by atoms with E-state index in [-0.39, 0.29) is 11.5 Å². The molecule has 3 aromatic rings. The topological polar surface area (TPSA) is 70.5 Å². The number of aromatic amines is 1. The first-order chi connectivity index (χ1) is 13.1. The molecule has 27 heavy (non-hydrogen) atoms. The number of para-hydroxylation sites is 4. The number of hydrogen-bond acceptors (Lipinski definition) is 4. The van der Waals surface area contributed by atoms with Gasteiger partial charge in [0.15, 0.2) is 0 Å². The number of nitrogens with zero attached hydrogens (tertiary/aromatic N) is 3. The second kappa shape index (κ2) is 9.52. The van der Waals surface area contributed by atoms with Crippen LogP contribution in [-0.4, -0.2) is 28.6 Å². The third kappa shape index (κ3) is 4.73. The van der Waals surface area contributed by atoms with E-state index in [1.54, 1.807) is 11.5 Å². The van der Waals surface area contributed by atoms with Crippen molar-refractivity contribution in [2.45, 2.75) is 33.9 Å². The van der Waals surface area contributed by atoms with Crippen LogP contribution in [0, 0.1) is 0 Å². The van der Waals surface area contributed by atoms with Crippen molar-refractivity contribution in [2.75, 3.05) is 11.4 Å². The normalized spacial score (nSPS) is 10.2. The molecule has 1 aromatic heterocycles. The summed E-state index contributed by atoms with van der Waals surface area (Å²) in [5.74, 6) is 0.0975. The fraction of sp³-hybridized carbons (Fsp3) is 0.286. The van der Waals surface area contributed by atoms with Gasteiger partial charge in [0.2, 0.25) is 0 Å². The Balaban J connectivity index is 0.00000126. The number of imidazole rings is 1. The summed E-state index contributed by atoms with van der Waals surface area (Å²) in [6.45, 7) is 9.99. The minimum absolute atomic E-state index is 0.0975. The maximum absolute atomic E-state index is 12.4. The van der Waals surface area contributed by atoms with Gasteiger partial charge in [0.25, 0.3) is 0 Å². The SMILES string of the molecule is C=Nc1ccccc1N(CCC(C)=O)Cn1c(=O)[nH]c2ccccc21.CC. The highest BCUT2D eigenvalue weighted by molar-refractivity contribution is 5.77. The highest BCUT2D eigenvalue weighted by Crippen LogP contribution is 2.28. The van der Waals surface area contributed by atoms with E-state index in [9.17, 15) is 9.59 Å². The van der Waals surface area contributed by atoms with Crippen LogP contribution in [0.1, 0.15) is 27.2 Å². The van der Waals surface area contributed by atoms with Gasteiger partial charge in [-0.2, -0.15) is 0 Å². The van der Waals surface area contributed by atoms with Crippen LogP contribution in [0.4, 0.5) is 11.4 Å². The van der Waals surface area contributed by atoms with Crippen LogP contribution in [0.15, 0.2) is 58.3 Å². The van der Waals surface area contributed by atoms with Gasteiger partial charge in [0, 0.05) is 13.0 Å². The molecule has 142 valence electrons. The summed E-state index contributed by atoms with van der Waals surface area (Å²) in [5, 5.41) is 0.